The van der Waals surface area contributed by atoms with Crippen LogP contribution in [0.3, 0.4) is 0 Å². The minimum absolute atomic E-state index is 0.0645. The maximum Gasteiger partial charge on any atom is 0.251 e. The van der Waals surface area contributed by atoms with E-state index in [0.717, 1.165) is 31.5 Å². The standard InChI is InChI=1S/C20H22F2N2O2/c1-26-19-6-5-14(11-18(19)22)13-24-9-7-17(8-10-24)23-20(25)15-3-2-4-16(21)12-15/h2-6,11-12,17H,7-10,13H2,1H3,(H,23,25). The van der Waals surface area contributed by atoms with Crippen molar-refractivity contribution >= 4 is 5.91 Å². The Hall–Kier alpha value is -2.47. The van der Waals surface area contributed by atoms with Gasteiger partial charge in [-0.2, -0.15) is 0 Å². The van der Waals surface area contributed by atoms with Gasteiger partial charge in [0.25, 0.3) is 5.91 Å². The first-order chi connectivity index (χ1) is 12.5. The van der Waals surface area contributed by atoms with Gasteiger partial charge in [0, 0.05) is 31.2 Å². The van der Waals surface area contributed by atoms with Crippen LogP contribution in [-0.4, -0.2) is 37.0 Å². The van der Waals surface area contributed by atoms with E-state index in [1.54, 1.807) is 12.1 Å². The van der Waals surface area contributed by atoms with Crippen molar-refractivity contribution in [3.8, 4) is 5.75 Å². The number of carbonyl (C=O) groups excluding carboxylic acids is 1. The predicted octanol–water partition coefficient (Wildman–Crippen LogP) is 3.37. The third-order valence-corrected chi connectivity index (χ3v) is 4.63. The Labute approximate surface area is 151 Å². The van der Waals surface area contributed by atoms with E-state index >= 15 is 0 Å². The second-order valence-corrected chi connectivity index (χ2v) is 6.50. The molecule has 138 valence electrons. The van der Waals surface area contributed by atoms with Gasteiger partial charge in [0.2, 0.25) is 0 Å². The van der Waals surface area contributed by atoms with Crippen molar-refractivity contribution in [2.75, 3.05) is 20.2 Å². The minimum Gasteiger partial charge on any atom is -0.494 e. The van der Waals surface area contributed by atoms with Crippen molar-refractivity contribution in [2.45, 2.75) is 25.4 Å². The average molecular weight is 360 g/mol. The van der Waals surface area contributed by atoms with Gasteiger partial charge in [-0.05, 0) is 48.7 Å². The quantitative estimate of drug-likeness (QED) is 0.889. The van der Waals surface area contributed by atoms with Crippen molar-refractivity contribution in [1.29, 1.82) is 0 Å². The van der Waals surface area contributed by atoms with Gasteiger partial charge < -0.3 is 10.1 Å². The summed E-state index contributed by atoms with van der Waals surface area (Å²) in [7, 11) is 1.45. The summed E-state index contributed by atoms with van der Waals surface area (Å²) in [5.41, 5.74) is 1.23. The molecule has 4 nitrogen and oxygen atoms in total. The Morgan fingerprint density at radius 1 is 1.19 bits per heavy atom. The third-order valence-electron chi connectivity index (χ3n) is 4.63. The molecule has 0 saturated carbocycles. The molecule has 1 heterocycles. The van der Waals surface area contributed by atoms with E-state index in [9.17, 15) is 13.6 Å². The fourth-order valence-electron chi connectivity index (χ4n) is 3.20. The Balaban J connectivity index is 1.49. The molecule has 0 bridgehead atoms. The van der Waals surface area contributed by atoms with Crippen molar-refractivity contribution in [1.82, 2.24) is 10.2 Å². The van der Waals surface area contributed by atoms with Crippen LogP contribution in [0.15, 0.2) is 42.5 Å². The molecule has 1 saturated heterocycles. The molecule has 0 radical (unpaired) electrons. The topological polar surface area (TPSA) is 41.6 Å². The van der Waals surface area contributed by atoms with Gasteiger partial charge in [0.15, 0.2) is 11.6 Å². The molecule has 0 aliphatic carbocycles. The lowest BCUT2D eigenvalue weighted by atomic mass is 10.0. The molecule has 1 fully saturated rings. The summed E-state index contributed by atoms with van der Waals surface area (Å²) in [5, 5.41) is 2.96. The number of ether oxygens (including phenoxy) is 1. The molecule has 2 aromatic carbocycles. The maximum atomic E-state index is 13.8. The number of hydrogen-bond acceptors (Lipinski definition) is 3. The Kier molecular flexibility index (Phi) is 5.83. The predicted molar refractivity (Wildman–Crippen MR) is 95.1 cm³/mol. The number of likely N-dealkylation sites (tertiary alicyclic amines) is 1. The van der Waals surface area contributed by atoms with Crippen molar-refractivity contribution in [2.24, 2.45) is 0 Å². The fourth-order valence-corrected chi connectivity index (χ4v) is 3.20. The number of carbonyl (C=O) groups is 1. The van der Waals surface area contributed by atoms with E-state index in [4.69, 9.17) is 4.74 Å². The number of nitrogens with zero attached hydrogens (tertiary/aromatic N) is 1. The lowest BCUT2D eigenvalue weighted by Gasteiger charge is -2.32. The van der Waals surface area contributed by atoms with Crippen LogP contribution in [0, 0.1) is 11.6 Å². The molecule has 1 aliphatic rings. The summed E-state index contributed by atoms with van der Waals surface area (Å²) in [6.07, 6.45) is 1.61. The van der Waals surface area contributed by atoms with E-state index < -0.39 is 5.82 Å². The number of halogens is 2. The second-order valence-electron chi connectivity index (χ2n) is 6.50. The molecule has 6 heteroatoms. The molecule has 0 unspecified atom stereocenters. The fraction of sp³-hybridized carbons (Fsp3) is 0.350. The SMILES string of the molecule is COc1ccc(CN2CCC(NC(=O)c3cccc(F)c3)CC2)cc1F. The minimum atomic E-state index is -0.417. The third kappa shape index (κ3) is 4.58. The van der Waals surface area contributed by atoms with Crippen LogP contribution in [0.1, 0.15) is 28.8 Å². The summed E-state index contributed by atoms with van der Waals surface area (Å²) in [4.78, 5) is 14.4. The number of amides is 1. The first-order valence-corrected chi connectivity index (χ1v) is 8.66. The largest absolute Gasteiger partial charge is 0.494 e. The Morgan fingerprint density at radius 3 is 2.62 bits per heavy atom. The number of methoxy groups -OCH3 is 1. The lowest BCUT2D eigenvalue weighted by molar-refractivity contribution is 0.0908. The summed E-state index contributed by atoms with van der Waals surface area (Å²) < 4.78 is 31.9. The van der Waals surface area contributed by atoms with Gasteiger partial charge in [-0.25, -0.2) is 8.78 Å². The van der Waals surface area contributed by atoms with Crippen LogP contribution in [0.4, 0.5) is 8.78 Å². The molecule has 26 heavy (non-hydrogen) atoms. The van der Waals surface area contributed by atoms with Crippen LogP contribution in [0.5, 0.6) is 5.75 Å². The van der Waals surface area contributed by atoms with Crippen LogP contribution < -0.4 is 10.1 Å². The number of piperidine rings is 1. The number of nitrogens with one attached hydrogen (secondary N) is 1. The smallest absolute Gasteiger partial charge is 0.251 e. The van der Waals surface area contributed by atoms with Crippen LogP contribution in [-0.2, 0) is 6.54 Å². The van der Waals surface area contributed by atoms with Gasteiger partial charge in [-0.3, -0.25) is 9.69 Å². The van der Waals surface area contributed by atoms with Crippen LogP contribution in [0.2, 0.25) is 0 Å². The van der Waals surface area contributed by atoms with E-state index in [-0.39, 0.29) is 23.5 Å². The first-order valence-electron chi connectivity index (χ1n) is 8.66. The number of hydrogen-bond donors (Lipinski definition) is 1. The van der Waals surface area contributed by atoms with Crippen LogP contribution in [0.25, 0.3) is 0 Å². The summed E-state index contributed by atoms with van der Waals surface area (Å²) in [5.74, 6) is -0.783. The van der Waals surface area contributed by atoms with Gasteiger partial charge in [0.1, 0.15) is 5.82 Å². The molecule has 0 aromatic heterocycles. The zero-order valence-corrected chi connectivity index (χ0v) is 14.7. The molecule has 1 aliphatic heterocycles. The van der Waals surface area contributed by atoms with Gasteiger partial charge in [0.05, 0.1) is 7.11 Å². The second kappa shape index (κ2) is 8.27. The molecule has 0 atom stereocenters. The van der Waals surface area contributed by atoms with Crippen molar-refractivity contribution < 1.29 is 18.3 Å². The molecule has 2 aromatic rings. The molecule has 1 N–H and O–H groups in total. The molecule has 3 rings (SSSR count). The normalized spacial score (nSPS) is 15.7. The molecule has 1 amide bonds. The van der Waals surface area contributed by atoms with Crippen molar-refractivity contribution in [3.05, 3.63) is 65.2 Å². The van der Waals surface area contributed by atoms with Crippen LogP contribution >= 0.6 is 0 Å². The number of rotatable bonds is 5. The zero-order chi connectivity index (χ0) is 18.5. The summed E-state index contributed by atoms with van der Waals surface area (Å²) in [6.45, 7) is 2.27. The van der Waals surface area contributed by atoms with E-state index in [1.165, 1.54) is 31.4 Å². The van der Waals surface area contributed by atoms with E-state index in [2.05, 4.69) is 10.2 Å². The van der Waals surface area contributed by atoms with E-state index in [0.29, 0.717) is 12.1 Å². The highest BCUT2D eigenvalue weighted by Crippen LogP contribution is 2.20. The maximum absolute atomic E-state index is 13.8. The molecule has 0 spiro atoms. The summed E-state index contributed by atoms with van der Waals surface area (Å²) >= 11 is 0. The highest BCUT2D eigenvalue weighted by Gasteiger charge is 2.21. The average Bonchev–Trinajstić information content (AvgIpc) is 2.63. The summed E-state index contributed by atoms with van der Waals surface area (Å²) in [6, 6.07) is 10.7. The monoisotopic (exact) mass is 360 g/mol. The van der Waals surface area contributed by atoms with Gasteiger partial charge in [-0.15, -0.1) is 0 Å². The highest BCUT2D eigenvalue weighted by atomic mass is 19.1. The molecular weight excluding hydrogens is 338 g/mol. The van der Waals surface area contributed by atoms with Gasteiger partial charge >= 0.3 is 0 Å². The van der Waals surface area contributed by atoms with E-state index in [1.807, 2.05) is 6.07 Å². The van der Waals surface area contributed by atoms with Crippen molar-refractivity contribution in [3.63, 3.8) is 0 Å². The Morgan fingerprint density at radius 2 is 1.96 bits per heavy atom. The number of benzene rings is 2. The lowest BCUT2D eigenvalue weighted by Crippen LogP contribution is -2.44. The zero-order valence-electron chi connectivity index (χ0n) is 14.7. The Bertz CT molecular complexity index is 774. The first kappa shape index (κ1) is 18.3. The highest BCUT2D eigenvalue weighted by molar-refractivity contribution is 5.94. The van der Waals surface area contributed by atoms with Gasteiger partial charge in [-0.1, -0.05) is 12.1 Å². The molecular formula is C20H22F2N2O2.